The fourth-order valence-corrected chi connectivity index (χ4v) is 1.71. The Bertz CT molecular complexity index is 476. The minimum Gasteiger partial charge on any atom is -0.370 e. The first-order chi connectivity index (χ1) is 9.65. The molecule has 1 aromatic rings. The van der Waals surface area contributed by atoms with Crippen molar-refractivity contribution in [1.29, 1.82) is 0 Å². The van der Waals surface area contributed by atoms with Gasteiger partial charge in [0.05, 0.1) is 0 Å². The fraction of sp³-hybridized carbons (Fsp3) is 0.500. The van der Waals surface area contributed by atoms with Crippen LogP contribution >= 0.6 is 24.0 Å². The summed E-state index contributed by atoms with van der Waals surface area (Å²) in [4.78, 5) is 21.8. The second kappa shape index (κ2) is 8.81. The van der Waals surface area contributed by atoms with E-state index < -0.39 is 0 Å². The quantitative estimate of drug-likeness (QED) is 0.418. The summed E-state index contributed by atoms with van der Waals surface area (Å²) in [5, 5.41) is 3.05. The number of hydrogen-bond donors (Lipinski definition) is 2. The van der Waals surface area contributed by atoms with Crippen LogP contribution in [0.1, 0.15) is 18.5 Å². The summed E-state index contributed by atoms with van der Waals surface area (Å²) in [7, 11) is 1.77. The molecule has 0 unspecified atom stereocenters. The van der Waals surface area contributed by atoms with Crippen LogP contribution in [0.5, 0.6) is 0 Å². The number of rotatable bonds is 6. The maximum absolute atomic E-state index is 11.9. The molecule has 0 saturated heterocycles. The van der Waals surface area contributed by atoms with Crippen molar-refractivity contribution in [3.05, 3.63) is 30.1 Å². The van der Waals surface area contributed by atoms with E-state index in [0.717, 1.165) is 25.0 Å². The highest BCUT2D eigenvalue weighted by atomic mass is 127. The summed E-state index contributed by atoms with van der Waals surface area (Å²) in [5.74, 6) is 0.320. The van der Waals surface area contributed by atoms with Crippen molar-refractivity contribution >= 4 is 35.8 Å². The highest BCUT2D eigenvalue weighted by Crippen LogP contribution is 2.17. The lowest BCUT2D eigenvalue weighted by molar-refractivity contribution is -0.128. The Labute approximate surface area is 142 Å². The third-order valence-electron chi connectivity index (χ3n) is 3.17. The first-order valence-corrected chi connectivity index (χ1v) is 6.85. The molecule has 0 spiro atoms. The van der Waals surface area contributed by atoms with Crippen LogP contribution in [0.15, 0.2) is 29.4 Å². The smallest absolute Gasteiger partial charge is 0.244 e. The van der Waals surface area contributed by atoms with Gasteiger partial charge in [0, 0.05) is 37.9 Å². The SMILES string of the molecule is CN(CCc1ccccn1)C(=O)CN=C(N)NC1CC1.I. The Hall–Kier alpha value is -1.38. The van der Waals surface area contributed by atoms with Crippen LogP contribution in [0.4, 0.5) is 0 Å². The first kappa shape index (κ1) is 17.7. The van der Waals surface area contributed by atoms with Gasteiger partial charge in [0.25, 0.3) is 0 Å². The van der Waals surface area contributed by atoms with E-state index in [9.17, 15) is 4.79 Å². The Morgan fingerprint density at radius 1 is 1.52 bits per heavy atom. The number of likely N-dealkylation sites (N-methyl/N-ethyl adjacent to an activating group) is 1. The second-order valence-electron chi connectivity index (χ2n) is 5.01. The Kier molecular flexibility index (Phi) is 7.41. The van der Waals surface area contributed by atoms with Gasteiger partial charge >= 0.3 is 0 Å². The van der Waals surface area contributed by atoms with E-state index in [-0.39, 0.29) is 36.4 Å². The molecule has 1 fully saturated rings. The van der Waals surface area contributed by atoms with E-state index in [2.05, 4.69) is 15.3 Å². The van der Waals surface area contributed by atoms with Gasteiger partial charge in [-0.2, -0.15) is 0 Å². The molecule has 116 valence electrons. The molecule has 6 nitrogen and oxygen atoms in total. The fourth-order valence-electron chi connectivity index (χ4n) is 1.71. The topological polar surface area (TPSA) is 83.6 Å². The molecule has 3 N–H and O–H groups in total. The molecule has 1 aliphatic carbocycles. The van der Waals surface area contributed by atoms with E-state index in [1.807, 2.05) is 18.2 Å². The maximum atomic E-state index is 11.9. The predicted molar refractivity (Wildman–Crippen MR) is 93.6 cm³/mol. The molecule has 1 amide bonds. The van der Waals surface area contributed by atoms with Crippen molar-refractivity contribution in [3.8, 4) is 0 Å². The van der Waals surface area contributed by atoms with Gasteiger partial charge in [-0.25, -0.2) is 4.99 Å². The van der Waals surface area contributed by atoms with Gasteiger partial charge in [-0.3, -0.25) is 9.78 Å². The molecule has 0 aliphatic heterocycles. The minimum absolute atomic E-state index is 0. The number of pyridine rings is 1. The zero-order chi connectivity index (χ0) is 14.4. The van der Waals surface area contributed by atoms with Gasteiger partial charge in [0.2, 0.25) is 5.91 Å². The largest absolute Gasteiger partial charge is 0.370 e. The van der Waals surface area contributed by atoms with E-state index in [0.29, 0.717) is 18.5 Å². The van der Waals surface area contributed by atoms with E-state index in [4.69, 9.17) is 5.73 Å². The number of aromatic nitrogens is 1. The number of amides is 1. The third-order valence-corrected chi connectivity index (χ3v) is 3.17. The Morgan fingerprint density at radius 2 is 2.29 bits per heavy atom. The van der Waals surface area contributed by atoms with Gasteiger partial charge in [-0.05, 0) is 25.0 Å². The summed E-state index contributed by atoms with van der Waals surface area (Å²) >= 11 is 0. The van der Waals surface area contributed by atoms with Crippen LogP contribution in [-0.4, -0.2) is 47.9 Å². The first-order valence-electron chi connectivity index (χ1n) is 6.85. The molecular weight excluding hydrogens is 381 g/mol. The third kappa shape index (κ3) is 6.74. The van der Waals surface area contributed by atoms with Crippen LogP contribution in [0.3, 0.4) is 0 Å². The summed E-state index contributed by atoms with van der Waals surface area (Å²) in [5.41, 5.74) is 6.66. The number of carbonyl (C=O) groups is 1. The molecule has 1 saturated carbocycles. The van der Waals surface area contributed by atoms with E-state index in [1.165, 1.54) is 0 Å². The lowest BCUT2D eigenvalue weighted by Crippen LogP contribution is -2.36. The standard InChI is InChI=1S/C14H21N5O.HI/c1-19(9-7-11-4-2-3-8-16-11)13(20)10-17-14(15)18-12-5-6-12;/h2-4,8,12H,5-7,9-10H2,1H3,(H3,15,17,18);1H. The average molecular weight is 403 g/mol. The molecule has 0 atom stereocenters. The molecular formula is C14H22IN5O. The number of carbonyl (C=O) groups excluding carboxylic acids is 1. The summed E-state index contributed by atoms with van der Waals surface area (Å²) in [6, 6.07) is 6.23. The van der Waals surface area contributed by atoms with Gasteiger partial charge in [0.1, 0.15) is 6.54 Å². The molecule has 21 heavy (non-hydrogen) atoms. The van der Waals surface area contributed by atoms with Gasteiger partial charge in [-0.1, -0.05) is 6.07 Å². The number of hydrogen-bond acceptors (Lipinski definition) is 3. The van der Waals surface area contributed by atoms with Crippen LogP contribution in [0, 0.1) is 0 Å². The molecule has 0 bridgehead atoms. The van der Waals surface area contributed by atoms with Gasteiger partial charge in [-0.15, -0.1) is 24.0 Å². The lowest BCUT2D eigenvalue weighted by Gasteiger charge is -2.15. The Balaban J connectivity index is 0.00000220. The summed E-state index contributed by atoms with van der Waals surface area (Å²) in [6.45, 7) is 0.714. The number of guanidine groups is 1. The van der Waals surface area contributed by atoms with Crippen LogP contribution in [0.25, 0.3) is 0 Å². The van der Waals surface area contributed by atoms with Crippen molar-refractivity contribution < 1.29 is 4.79 Å². The minimum atomic E-state index is -0.0403. The zero-order valence-corrected chi connectivity index (χ0v) is 14.5. The number of nitrogens with zero attached hydrogens (tertiary/aromatic N) is 3. The normalized spacial score (nSPS) is 14.2. The van der Waals surface area contributed by atoms with Crippen molar-refractivity contribution in [3.63, 3.8) is 0 Å². The number of nitrogens with two attached hydrogens (primary N) is 1. The van der Waals surface area contributed by atoms with E-state index in [1.54, 1.807) is 18.1 Å². The van der Waals surface area contributed by atoms with Crippen LogP contribution < -0.4 is 11.1 Å². The van der Waals surface area contributed by atoms with Crippen LogP contribution in [-0.2, 0) is 11.2 Å². The van der Waals surface area contributed by atoms with Crippen molar-refractivity contribution in [2.75, 3.05) is 20.1 Å². The molecule has 1 heterocycles. The molecule has 7 heteroatoms. The number of halogens is 1. The molecule has 0 radical (unpaired) electrons. The average Bonchev–Trinajstić information content (AvgIpc) is 3.27. The maximum Gasteiger partial charge on any atom is 0.244 e. The van der Waals surface area contributed by atoms with Crippen molar-refractivity contribution in [2.45, 2.75) is 25.3 Å². The zero-order valence-electron chi connectivity index (χ0n) is 12.2. The van der Waals surface area contributed by atoms with Gasteiger partial charge < -0.3 is 16.0 Å². The Morgan fingerprint density at radius 3 is 2.90 bits per heavy atom. The monoisotopic (exact) mass is 403 g/mol. The second-order valence-corrected chi connectivity index (χ2v) is 5.01. The van der Waals surface area contributed by atoms with Crippen molar-refractivity contribution in [1.82, 2.24) is 15.2 Å². The number of aliphatic imine (C=N–C) groups is 1. The number of nitrogens with one attached hydrogen (secondary N) is 1. The lowest BCUT2D eigenvalue weighted by atomic mass is 10.2. The molecule has 2 rings (SSSR count). The summed E-state index contributed by atoms with van der Waals surface area (Å²) in [6.07, 6.45) is 4.76. The van der Waals surface area contributed by atoms with Crippen LogP contribution in [0.2, 0.25) is 0 Å². The highest BCUT2D eigenvalue weighted by molar-refractivity contribution is 14.0. The summed E-state index contributed by atoms with van der Waals surface area (Å²) < 4.78 is 0. The van der Waals surface area contributed by atoms with Crippen molar-refractivity contribution in [2.24, 2.45) is 10.7 Å². The molecule has 0 aromatic carbocycles. The predicted octanol–water partition coefficient (Wildman–Crippen LogP) is 0.767. The molecule has 1 aliphatic rings. The van der Waals surface area contributed by atoms with E-state index >= 15 is 0 Å². The van der Waals surface area contributed by atoms with Gasteiger partial charge in [0.15, 0.2) is 5.96 Å². The molecule has 1 aromatic heterocycles. The highest BCUT2D eigenvalue weighted by Gasteiger charge is 2.21.